The minimum Gasteiger partial charge on any atom is -0.320 e. The van der Waals surface area contributed by atoms with Crippen LogP contribution in [-0.2, 0) is 13.1 Å². The summed E-state index contributed by atoms with van der Waals surface area (Å²) in [5, 5.41) is 14.2. The number of para-hydroxylation sites is 1. The van der Waals surface area contributed by atoms with Gasteiger partial charge in [-0.25, -0.2) is 0 Å². The van der Waals surface area contributed by atoms with Gasteiger partial charge in [0.05, 0.1) is 12.7 Å². The average Bonchev–Trinajstić information content (AvgIpc) is 3.11. The Morgan fingerprint density at radius 3 is 2.54 bits per heavy atom. The fourth-order valence-corrected chi connectivity index (χ4v) is 2.64. The van der Waals surface area contributed by atoms with Crippen LogP contribution >= 0.6 is 0 Å². The summed E-state index contributed by atoms with van der Waals surface area (Å²) >= 11 is 0. The third-order valence-corrected chi connectivity index (χ3v) is 4.26. The van der Waals surface area contributed by atoms with E-state index in [0.717, 1.165) is 24.3 Å². The van der Waals surface area contributed by atoms with Crippen LogP contribution in [0.3, 0.4) is 0 Å². The Balaban J connectivity index is 1.49. The molecule has 0 aliphatic rings. The molecule has 6 heteroatoms. The summed E-state index contributed by atoms with van der Waals surface area (Å²) in [5.74, 6) is -0.251. The highest BCUT2D eigenvalue weighted by Gasteiger charge is 2.11. The van der Waals surface area contributed by atoms with Crippen LogP contribution in [0.1, 0.15) is 27.2 Å². The summed E-state index contributed by atoms with van der Waals surface area (Å²) in [5.41, 5.74) is 4.66. The summed E-state index contributed by atoms with van der Waals surface area (Å²) in [4.78, 5) is 12.3. The summed E-state index contributed by atoms with van der Waals surface area (Å²) in [7, 11) is 0. The molecule has 0 unspecified atom stereocenters. The molecule has 2 N–H and O–H groups in total. The molecule has 26 heavy (non-hydrogen) atoms. The van der Waals surface area contributed by atoms with E-state index in [1.807, 2.05) is 43.3 Å². The molecule has 3 rings (SSSR count). The molecule has 2 aromatic carbocycles. The van der Waals surface area contributed by atoms with Crippen molar-refractivity contribution in [2.75, 3.05) is 11.9 Å². The van der Waals surface area contributed by atoms with E-state index in [4.69, 9.17) is 0 Å². The van der Waals surface area contributed by atoms with Crippen LogP contribution in [0.2, 0.25) is 0 Å². The fourth-order valence-electron chi connectivity index (χ4n) is 2.64. The van der Waals surface area contributed by atoms with Crippen molar-refractivity contribution in [1.29, 1.82) is 0 Å². The largest absolute Gasteiger partial charge is 0.320 e. The molecule has 0 radical (unpaired) electrons. The number of carbonyl (C=O) groups is 1. The molecule has 1 heterocycles. The normalized spacial score (nSPS) is 10.7. The van der Waals surface area contributed by atoms with Gasteiger partial charge in [0.1, 0.15) is 0 Å². The van der Waals surface area contributed by atoms with Gasteiger partial charge in [0.25, 0.3) is 5.91 Å². The van der Waals surface area contributed by atoms with Gasteiger partial charge in [0.15, 0.2) is 5.69 Å². The van der Waals surface area contributed by atoms with Crippen molar-refractivity contribution in [2.45, 2.75) is 26.9 Å². The van der Waals surface area contributed by atoms with Crippen LogP contribution in [0, 0.1) is 13.8 Å². The van der Waals surface area contributed by atoms with E-state index in [9.17, 15) is 4.79 Å². The monoisotopic (exact) mass is 349 g/mol. The first-order valence-corrected chi connectivity index (χ1v) is 8.66. The molecule has 1 amide bonds. The van der Waals surface area contributed by atoms with E-state index < -0.39 is 0 Å². The molecule has 0 spiro atoms. The Kier molecular flexibility index (Phi) is 5.76. The van der Waals surface area contributed by atoms with Crippen LogP contribution < -0.4 is 10.6 Å². The molecule has 0 aliphatic heterocycles. The van der Waals surface area contributed by atoms with E-state index in [1.54, 1.807) is 10.9 Å². The quantitative estimate of drug-likeness (QED) is 0.643. The van der Waals surface area contributed by atoms with Gasteiger partial charge in [-0.05, 0) is 36.6 Å². The second kappa shape index (κ2) is 8.40. The van der Waals surface area contributed by atoms with Gasteiger partial charge in [0.2, 0.25) is 0 Å². The zero-order valence-electron chi connectivity index (χ0n) is 15.1. The summed E-state index contributed by atoms with van der Waals surface area (Å²) in [6.45, 7) is 6.26. The Morgan fingerprint density at radius 2 is 1.77 bits per heavy atom. The molecular weight excluding hydrogens is 326 g/mol. The Morgan fingerprint density at radius 1 is 1.04 bits per heavy atom. The van der Waals surface area contributed by atoms with Gasteiger partial charge in [-0.1, -0.05) is 47.7 Å². The van der Waals surface area contributed by atoms with Crippen LogP contribution in [0.15, 0.2) is 54.7 Å². The minimum absolute atomic E-state index is 0.251. The lowest BCUT2D eigenvalue weighted by Gasteiger charge is -2.07. The third kappa shape index (κ3) is 4.55. The molecular formula is C20H23N5O. The molecule has 0 bridgehead atoms. The van der Waals surface area contributed by atoms with Crippen LogP contribution in [0.25, 0.3) is 0 Å². The predicted molar refractivity (Wildman–Crippen MR) is 102 cm³/mol. The number of hydrogen-bond acceptors (Lipinski definition) is 4. The summed E-state index contributed by atoms with van der Waals surface area (Å²) in [6.07, 6.45) is 1.67. The van der Waals surface area contributed by atoms with Crippen molar-refractivity contribution in [2.24, 2.45) is 0 Å². The predicted octanol–water partition coefficient (Wildman–Crippen LogP) is 2.94. The average molecular weight is 349 g/mol. The van der Waals surface area contributed by atoms with Gasteiger partial charge in [-0.2, -0.15) is 0 Å². The van der Waals surface area contributed by atoms with Gasteiger partial charge in [-0.15, -0.1) is 5.10 Å². The topological polar surface area (TPSA) is 71.8 Å². The number of aryl methyl sites for hydroxylation is 2. The second-order valence-electron chi connectivity index (χ2n) is 6.24. The van der Waals surface area contributed by atoms with E-state index in [-0.39, 0.29) is 5.91 Å². The van der Waals surface area contributed by atoms with Crippen molar-refractivity contribution in [3.05, 3.63) is 77.1 Å². The maximum absolute atomic E-state index is 12.3. The number of anilines is 1. The Hall–Kier alpha value is -2.99. The first kappa shape index (κ1) is 17.8. The number of rotatable bonds is 7. The highest BCUT2D eigenvalue weighted by molar-refractivity contribution is 6.02. The number of aromatic nitrogens is 3. The molecule has 0 saturated carbocycles. The van der Waals surface area contributed by atoms with Gasteiger partial charge < -0.3 is 10.6 Å². The number of benzene rings is 2. The second-order valence-corrected chi connectivity index (χ2v) is 6.24. The Labute approximate surface area is 153 Å². The standard InChI is InChI=1S/C20H23N5O/c1-15-7-3-5-9-17(15)13-21-11-12-25-14-19(23-24-25)20(26)22-18-10-6-4-8-16(18)2/h3-10,14,21H,11-13H2,1-2H3,(H,22,26). The van der Waals surface area contributed by atoms with Gasteiger partial charge >= 0.3 is 0 Å². The minimum atomic E-state index is -0.251. The first-order chi connectivity index (χ1) is 12.6. The van der Waals surface area contributed by atoms with Crippen molar-refractivity contribution in [1.82, 2.24) is 20.3 Å². The molecule has 0 atom stereocenters. The summed E-state index contributed by atoms with van der Waals surface area (Å²) < 4.78 is 1.68. The van der Waals surface area contributed by atoms with Gasteiger partial charge in [-0.3, -0.25) is 9.48 Å². The van der Waals surface area contributed by atoms with Crippen LogP contribution in [0.4, 0.5) is 5.69 Å². The fraction of sp³-hybridized carbons (Fsp3) is 0.250. The molecule has 0 saturated heterocycles. The van der Waals surface area contributed by atoms with Crippen molar-refractivity contribution in [3.8, 4) is 0 Å². The van der Waals surface area contributed by atoms with Crippen LogP contribution in [0.5, 0.6) is 0 Å². The molecule has 0 aliphatic carbocycles. The number of nitrogens with one attached hydrogen (secondary N) is 2. The van der Waals surface area contributed by atoms with Crippen molar-refractivity contribution >= 4 is 11.6 Å². The number of nitrogens with zero attached hydrogens (tertiary/aromatic N) is 3. The maximum Gasteiger partial charge on any atom is 0.277 e. The summed E-state index contributed by atoms with van der Waals surface area (Å²) in [6, 6.07) is 15.9. The number of amides is 1. The van der Waals surface area contributed by atoms with Crippen molar-refractivity contribution < 1.29 is 4.79 Å². The first-order valence-electron chi connectivity index (χ1n) is 8.66. The molecule has 1 aromatic heterocycles. The van der Waals surface area contributed by atoms with E-state index in [2.05, 4.69) is 40.0 Å². The van der Waals surface area contributed by atoms with E-state index >= 15 is 0 Å². The van der Waals surface area contributed by atoms with E-state index in [0.29, 0.717) is 12.2 Å². The maximum atomic E-state index is 12.3. The van der Waals surface area contributed by atoms with Crippen molar-refractivity contribution in [3.63, 3.8) is 0 Å². The van der Waals surface area contributed by atoms with E-state index in [1.165, 1.54) is 11.1 Å². The number of carbonyl (C=O) groups excluding carboxylic acids is 1. The highest BCUT2D eigenvalue weighted by atomic mass is 16.2. The van der Waals surface area contributed by atoms with Crippen LogP contribution in [-0.4, -0.2) is 27.4 Å². The lowest BCUT2D eigenvalue weighted by atomic mass is 10.1. The van der Waals surface area contributed by atoms with Gasteiger partial charge in [0, 0.05) is 18.8 Å². The number of hydrogen-bond donors (Lipinski definition) is 2. The third-order valence-electron chi connectivity index (χ3n) is 4.26. The molecule has 0 fully saturated rings. The SMILES string of the molecule is Cc1ccccc1CNCCn1cc(C(=O)Nc2ccccc2C)nn1. The molecule has 3 aromatic rings. The molecule has 134 valence electrons. The molecule has 6 nitrogen and oxygen atoms in total. The zero-order valence-corrected chi connectivity index (χ0v) is 15.1. The zero-order chi connectivity index (χ0) is 18.4. The highest BCUT2D eigenvalue weighted by Crippen LogP contribution is 2.14. The Bertz CT molecular complexity index is 887. The lowest BCUT2D eigenvalue weighted by molar-refractivity contribution is 0.102. The smallest absolute Gasteiger partial charge is 0.277 e. The lowest BCUT2D eigenvalue weighted by Crippen LogP contribution is -2.20.